The molecule has 0 aromatic carbocycles. The van der Waals surface area contributed by atoms with E-state index in [1.165, 1.54) is 0 Å². The zero-order valence-corrected chi connectivity index (χ0v) is 24.1. The number of hydrogen-bond donors (Lipinski definition) is 0. The van der Waals surface area contributed by atoms with Crippen LogP contribution in [-0.4, -0.2) is 0 Å². The van der Waals surface area contributed by atoms with Gasteiger partial charge in [0.15, 0.2) is 0 Å². The summed E-state index contributed by atoms with van der Waals surface area (Å²) in [4.78, 5) is 0. The zero-order chi connectivity index (χ0) is 31.5. The molecule has 0 unspecified atom stereocenters. The molecule has 200 valence electrons. The molecular formula is C40H40. The van der Waals surface area contributed by atoms with Crippen LogP contribution in [0.5, 0.6) is 0 Å². The van der Waals surface area contributed by atoms with E-state index < -0.39 is 0 Å². The van der Waals surface area contributed by atoms with Gasteiger partial charge in [-0.1, -0.05) is 132 Å². The van der Waals surface area contributed by atoms with Crippen LogP contribution in [0.3, 0.4) is 0 Å². The van der Waals surface area contributed by atoms with Crippen molar-refractivity contribution in [2.24, 2.45) is 0 Å². The lowest BCUT2D eigenvalue weighted by molar-refractivity contribution is 1.29. The second-order valence-corrected chi connectivity index (χ2v) is 9.57. The molecule has 0 radical (unpaired) electrons. The van der Waals surface area contributed by atoms with Crippen molar-refractivity contribution in [3.8, 4) is 0 Å². The first kappa shape index (κ1) is 32.8. The van der Waals surface area contributed by atoms with Crippen LogP contribution < -0.4 is 0 Å². The number of allylic oxidation sites excluding steroid dienone is 20. The van der Waals surface area contributed by atoms with E-state index in [1.807, 2.05) is 0 Å². The van der Waals surface area contributed by atoms with Gasteiger partial charge in [0.2, 0.25) is 0 Å². The summed E-state index contributed by atoms with van der Waals surface area (Å²) in [5.41, 5.74) is 10.1. The summed E-state index contributed by atoms with van der Waals surface area (Å²) in [6.45, 7) is 83.3. The highest BCUT2D eigenvalue weighted by Crippen LogP contribution is 2.41. The van der Waals surface area contributed by atoms with Crippen molar-refractivity contribution in [1.29, 1.82) is 0 Å². The van der Waals surface area contributed by atoms with Gasteiger partial charge >= 0.3 is 0 Å². The Morgan fingerprint density at radius 2 is 0.125 bits per heavy atom. The van der Waals surface area contributed by atoms with Crippen LogP contribution in [-0.2, 0) is 0 Å². The monoisotopic (exact) mass is 520 g/mol. The lowest BCUT2D eigenvalue weighted by Crippen LogP contribution is -2.07. The molecule has 0 nitrogen and oxygen atoms in total. The summed E-state index contributed by atoms with van der Waals surface area (Å²) in [5, 5.41) is 0. The Morgan fingerprint density at radius 1 is 0.100 bits per heavy atom. The van der Waals surface area contributed by atoms with Gasteiger partial charge in [0.1, 0.15) is 0 Å². The fourth-order valence-corrected chi connectivity index (χ4v) is 3.64. The van der Waals surface area contributed by atoms with Crippen molar-refractivity contribution in [2.75, 3.05) is 0 Å². The largest absolute Gasteiger partial charge is 0.0906 e. The minimum atomic E-state index is 0.503. The summed E-state index contributed by atoms with van der Waals surface area (Å²) >= 11 is 0. The Balaban J connectivity index is 3.73. The Kier molecular flexibility index (Phi) is 9.94. The van der Waals surface area contributed by atoms with Crippen molar-refractivity contribution >= 4 is 0 Å². The van der Waals surface area contributed by atoms with Gasteiger partial charge in [-0.25, -0.2) is 0 Å². The summed E-state index contributed by atoms with van der Waals surface area (Å²) < 4.78 is 0. The molecular weight excluding hydrogens is 480 g/mol. The van der Waals surface area contributed by atoms with Gasteiger partial charge in [0.25, 0.3) is 0 Å². The molecule has 0 heteroatoms. The van der Waals surface area contributed by atoms with Crippen LogP contribution in [0.25, 0.3) is 0 Å². The molecule has 0 N–H and O–H groups in total. The maximum Gasteiger partial charge on any atom is -0.0183 e. The van der Waals surface area contributed by atoms with Crippen molar-refractivity contribution in [3.63, 3.8) is 0 Å². The summed E-state index contributed by atoms with van der Waals surface area (Å²) in [5.74, 6) is 0. The summed E-state index contributed by atoms with van der Waals surface area (Å²) in [6, 6.07) is 0. The Hall–Kier alpha value is -5.20. The molecule has 1 saturated carbocycles. The Labute approximate surface area is 242 Å². The van der Waals surface area contributed by atoms with Gasteiger partial charge in [0.05, 0.1) is 0 Å². The van der Waals surface area contributed by atoms with Crippen molar-refractivity contribution in [2.45, 2.75) is 0 Å². The molecule has 0 spiro atoms. The molecule has 1 fully saturated rings. The average molecular weight is 521 g/mol. The zero-order valence-electron chi connectivity index (χ0n) is 24.1. The Morgan fingerprint density at radius 3 is 0.150 bits per heavy atom. The molecule has 0 saturated heterocycles. The van der Waals surface area contributed by atoms with E-state index in [0.717, 1.165) is 0 Å². The molecule has 1 aliphatic carbocycles. The van der Waals surface area contributed by atoms with E-state index in [2.05, 4.69) is 132 Å². The highest BCUT2D eigenvalue weighted by Gasteiger charge is 2.23. The lowest BCUT2D eigenvalue weighted by atomic mass is 9.79. The van der Waals surface area contributed by atoms with Crippen LogP contribution in [0.4, 0.5) is 0 Å². The molecule has 0 amide bonds. The van der Waals surface area contributed by atoms with Crippen LogP contribution in [0.15, 0.2) is 243 Å². The van der Waals surface area contributed by atoms with E-state index in [-0.39, 0.29) is 0 Å². The van der Waals surface area contributed by atoms with Crippen LogP contribution in [0, 0.1) is 0 Å². The standard InChI is InChI=1S/C40H40/c1-21-22(2)24(4)26(6)28(8)30(10)32(12)34(14)36(16)38(18)40(20)39(19)37(17)35(15)33(13)31(11)29(9)27(7)25(5)23(21)3/h1-20H2. The van der Waals surface area contributed by atoms with E-state index in [0.29, 0.717) is 111 Å². The van der Waals surface area contributed by atoms with Gasteiger partial charge < -0.3 is 0 Å². The van der Waals surface area contributed by atoms with E-state index in [1.54, 1.807) is 0 Å². The minimum Gasteiger partial charge on any atom is -0.0906 e. The molecule has 1 rings (SSSR count). The van der Waals surface area contributed by atoms with Crippen molar-refractivity contribution < 1.29 is 0 Å². The SMILES string of the molecule is C=C1C(=C)C(=C)C(=C)C(=C)C(=C)C(=C)C(=C)C(=C)C(=C)C(=C)C(=C)C(=C)C(=C)C(=C)C(=C)C(=C)C(=C)C(=C)C1=C. The molecule has 40 heavy (non-hydrogen) atoms. The molecule has 1 aliphatic rings. The van der Waals surface area contributed by atoms with Crippen LogP contribution in [0.1, 0.15) is 0 Å². The summed E-state index contributed by atoms with van der Waals surface area (Å²) in [6.07, 6.45) is 0. The predicted molar refractivity (Wildman–Crippen MR) is 183 cm³/mol. The predicted octanol–water partition coefficient (Wildman–Crippen LogP) is 11.1. The van der Waals surface area contributed by atoms with E-state index in [4.69, 9.17) is 0 Å². The Bertz CT molecular complexity index is 979. The van der Waals surface area contributed by atoms with E-state index in [9.17, 15) is 0 Å². The van der Waals surface area contributed by atoms with Crippen LogP contribution in [0.2, 0.25) is 0 Å². The second kappa shape index (κ2) is 12.1. The van der Waals surface area contributed by atoms with Gasteiger partial charge in [-0.05, 0) is 111 Å². The van der Waals surface area contributed by atoms with Gasteiger partial charge in [-0.3, -0.25) is 0 Å². The third-order valence-electron chi connectivity index (χ3n) is 7.29. The first-order chi connectivity index (χ1) is 18.2. The van der Waals surface area contributed by atoms with Gasteiger partial charge in [0, 0.05) is 0 Å². The molecule has 0 aromatic heterocycles. The summed E-state index contributed by atoms with van der Waals surface area (Å²) in [7, 11) is 0. The van der Waals surface area contributed by atoms with Crippen molar-refractivity contribution in [1.82, 2.24) is 0 Å². The quantitative estimate of drug-likeness (QED) is 0.298. The minimum absolute atomic E-state index is 0.503. The topological polar surface area (TPSA) is 0 Å². The molecule has 0 bridgehead atoms. The maximum absolute atomic E-state index is 4.16. The fourth-order valence-electron chi connectivity index (χ4n) is 3.64. The second-order valence-electron chi connectivity index (χ2n) is 9.57. The first-order valence-electron chi connectivity index (χ1n) is 12.1. The smallest absolute Gasteiger partial charge is 0.0183 e. The lowest BCUT2D eigenvalue weighted by Gasteiger charge is -2.25. The van der Waals surface area contributed by atoms with E-state index >= 15 is 0 Å². The van der Waals surface area contributed by atoms with Gasteiger partial charge in [-0.2, -0.15) is 0 Å². The average Bonchev–Trinajstić information content (AvgIpc) is 2.96. The molecule has 0 atom stereocenters. The highest BCUT2D eigenvalue weighted by molar-refractivity contribution is 5.77. The van der Waals surface area contributed by atoms with Gasteiger partial charge in [-0.15, -0.1) is 0 Å². The fraction of sp³-hybridized carbons (Fsp3) is 0. The maximum atomic E-state index is 4.16. The third kappa shape index (κ3) is 5.93. The highest BCUT2D eigenvalue weighted by atomic mass is 14.3. The third-order valence-corrected chi connectivity index (χ3v) is 7.29. The normalized spacial score (nSPS) is 19.0. The number of hydrogen-bond acceptors (Lipinski definition) is 0. The molecule has 0 heterocycles. The molecule has 0 aliphatic heterocycles. The first-order valence-corrected chi connectivity index (χ1v) is 12.1. The van der Waals surface area contributed by atoms with Crippen molar-refractivity contribution in [3.05, 3.63) is 243 Å². The molecule has 0 aromatic rings. The number of rotatable bonds is 0. The van der Waals surface area contributed by atoms with Crippen LogP contribution >= 0.6 is 0 Å².